The van der Waals surface area contributed by atoms with E-state index in [1.807, 2.05) is 32.9 Å². The minimum atomic E-state index is -0.491. The van der Waals surface area contributed by atoms with Crippen LogP contribution in [0.5, 0.6) is 11.5 Å². The number of carbonyl (C=O) groups excluding carboxylic acids is 1. The molecule has 0 atom stereocenters. The fraction of sp³-hybridized carbons (Fsp3) is 0.611. The van der Waals surface area contributed by atoms with E-state index in [1.165, 1.54) is 0 Å². The Balaban J connectivity index is 2.09. The van der Waals surface area contributed by atoms with Crippen LogP contribution in [0.3, 0.4) is 0 Å². The number of methoxy groups -OCH3 is 2. The highest BCUT2D eigenvalue weighted by Crippen LogP contribution is 2.35. The van der Waals surface area contributed by atoms with E-state index in [0.717, 1.165) is 5.69 Å². The molecule has 0 bridgehead atoms. The number of aliphatic hydroxyl groups is 1. The topological polar surface area (TPSA) is 71.5 Å². The summed E-state index contributed by atoms with van der Waals surface area (Å²) in [6, 6.07) is 3.77. The van der Waals surface area contributed by atoms with E-state index in [2.05, 4.69) is 4.90 Å². The Morgan fingerprint density at radius 1 is 1.08 bits per heavy atom. The van der Waals surface area contributed by atoms with Crippen molar-refractivity contribution in [3.05, 3.63) is 17.7 Å². The van der Waals surface area contributed by atoms with Crippen molar-refractivity contribution in [3.63, 3.8) is 0 Å². The summed E-state index contributed by atoms with van der Waals surface area (Å²) in [6.07, 6.45) is -0.280. The molecular formula is C18H28N2O5. The van der Waals surface area contributed by atoms with Crippen molar-refractivity contribution in [2.45, 2.75) is 33.0 Å². The maximum Gasteiger partial charge on any atom is 0.410 e. The predicted octanol–water partition coefficient (Wildman–Crippen LogP) is 2.25. The van der Waals surface area contributed by atoms with Gasteiger partial charge in [0, 0.05) is 44.0 Å². The number of carbonyl (C=O) groups is 1. The number of hydrogen-bond donors (Lipinski definition) is 1. The lowest BCUT2D eigenvalue weighted by molar-refractivity contribution is 0.0240. The number of ether oxygens (including phenoxy) is 3. The van der Waals surface area contributed by atoms with Crippen LogP contribution in [-0.4, -0.2) is 62.1 Å². The van der Waals surface area contributed by atoms with Crippen LogP contribution in [0.25, 0.3) is 0 Å². The van der Waals surface area contributed by atoms with Gasteiger partial charge in [0.2, 0.25) is 0 Å². The summed E-state index contributed by atoms with van der Waals surface area (Å²) in [7, 11) is 3.14. The monoisotopic (exact) mass is 352 g/mol. The van der Waals surface area contributed by atoms with Crippen molar-refractivity contribution < 1.29 is 24.1 Å². The van der Waals surface area contributed by atoms with Crippen molar-refractivity contribution in [3.8, 4) is 11.5 Å². The fourth-order valence-electron chi connectivity index (χ4n) is 2.78. The van der Waals surface area contributed by atoms with Crippen LogP contribution >= 0.6 is 0 Å². The highest BCUT2D eigenvalue weighted by atomic mass is 16.6. The van der Waals surface area contributed by atoms with Gasteiger partial charge in [0.05, 0.1) is 26.4 Å². The number of hydrogen-bond acceptors (Lipinski definition) is 6. The molecular weight excluding hydrogens is 324 g/mol. The molecule has 1 aliphatic rings. The first-order valence-electron chi connectivity index (χ1n) is 8.37. The third-order valence-electron chi connectivity index (χ3n) is 4.05. The third-order valence-corrected chi connectivity index (χ3v) is 4.05. The zero-order chi connectivity index (χ0) is 18.6. The van der Waals surface area contributed by atoms with Gasteiger partial charge in [0.1, 0.15) is 17.1 Å². The van der Waals surface area contributed by atoms with Crippen LogP contribution in [0.4, 0.5) is 10.5 Å². The van der Waals surface area contributed by atoms with Gasteiger partial charge in [-0.15, -0.1) is 0 Å². The van der Waals surface area contributed by atoms with E-state index in [9.17, 15) is 9.90 Å². The van der Waals surface area contributed by atoms with E-state index in [4.69, 9.17) is 14.2 Å². The van der Waals surface area contributed by atoms with Crippen LogP contribution in [0.15, 0.2) is 12.1 Å². The van der Waals surface area contributed by atoms with E-state index in [0.29, 0.717) is 43.2 Å². The van der Waals surface area contributed by atoms with Gasteiger partial charge in [0.15, 0.2) is 0 Å². The number of benzene rings is 1. The molecule has 140 valence electrons. The normalized spacial score (nSPS) is 15.1. The van der Waals surface area contributed by atoms with Crippen molar-refractivity contribution in [2.24, 2.45) is 0 Å². The number of aliphatic hydroxyl groups excluding tert-OH is 1. The van der Waals surface area contributed by atoms with Crippen molar-refractivity contribution in [1.29, 1.82) is 0 Å². The van der Waals surface area contributed by atoms with E-state index in [1.54, 1.807) is 19.1 Å². The third kappa shape index (κ3) is 4.69. The summed E-state index contributed by atoms with van der Waals surface area (Å²) in [6.45, 7) is 7.98. The molecule has 1 N–H and O–H groups in total. The Bertz CT molecular complexity index is 579. The van der Waals surface area contributed by atoms with Crippen molar-refractivity contribution in [2.75, 3.05) is 45.3 Å². The largest absolute Gasteiger partial charge is 0.496 e. The van der Waals surface area contributed by atoms with Crippen LogP contribution in [0.2, 0.25) is 0 Å². The van der Waals surface area contributed by atoms with E-state index >= 15 is 0 Å². The van der Waals surface area contributed by atoms with Gasteiger partial charge >= 0.3 is 6.09 Å². The second-order valence-electron chi connectivity index (χ2n) is 6.94. The van der Waals surface area contributed by atoms with Crippen LogP contribution < -0.4 is 14.4 Å². The number of rotatable bonds is 4. The molecule has 7 nitrogen and oxygen atoms in total. The molecule has 0 spiro atoms. The minimum absolute atomic E-state index is 0.154. The summed E-state index contributed by atoms with van der Waals surface area (Å²) in [5.74, 6) is 1.18. The summed E-state index contributed by atoms with van der Waals surface area (Å²) in [5.41, 5.74) is 1.07. The lowest BCUT2D eigenvalue weighted by Crippen LogP contribution is -2.50. The molecule has 1 amide bonds. The molecule has 0 radical (unpaired) electrons. The number of nitrogens with zero attached hydrogens (tertiary/aromatic N) is 2. The molecule has 1 heterocycles. The SMILES string of the molecule is COc1cc(N2CCN(C(=O)OC(C)(C)C)CC2)cc(OC)c1CO. The Morgan fingerprint density at radius 2 is 1.60 bits per heavy atom. The molecule has 1 fully saturated rings. The molecule has 0 unspecified atom stereocenters. The lowest BCUT2D eigenvalue weighted by Gasteiger charge is -2.37. The lowest BCUT2D eigenvalue weighted by atomic mass is 10.1. The van der Waals surface area contributed by atoms with Gasteiger partial charge < -0.3 is 29.1 Å². The van der Waals surface area contributed by atoms with Gasteiger partial charge in [-0.1, -0.05) is 0 Å². The molecule has 25 heavy (non-hydrogen) atoms. The zero-order valence-corrected chi connectivity index (χ0v) is 15.7. The van der Waals surface area contributed by atoms with Gasteiger partial charge in [0.25, 0.3) is 0 Å². The molecule has 1 aromatic rings. The van der Waals surface area contributed by atoms with E-state index in [-0.39, 0.29) is 12.7 Å². The first-order valence-corrected chi connectivity index (χ1v) is 8.37. The van der Waals surface area contributed by atoms with Gasteiger partial charge in [-0.25, -0.2) is 4.79 Å². The summed E-state index contributed by atoms with van der Waals surface area (Å²) in [4.78, 5) is 16.0. The molecule has 0 aromatic heterocycles. The number of amides is 1. The standard InChI is InChI=1S/C18H28N2O5/c1-18(2,3)25-17(22)20-8-6-19(7-9-20)13-10-15(23-4)14(12-21)16(11-13)24-5/h10-11,21H,6-9,12H2,1-5H3. The van der Waals surface area contributed by atoms with Crippen LogP contribution in [0.1, 0.15) is 26.3 Å². The molecule has 2 rings (SSSR count). The number of piperazine rings is 1. The zero-order valence-electron chi connectivity index (χ0n) is 15.7. The summed E-state index contributed by atoms with van der Waals surface area (Å²) >= 11 is 0. The van der Waals surface area contributed by atoms with Crippen LogP contribution in [-0.2, 0) is 11.3 Å². The maximum atomic E-state index is 12.2. The average Bonchev–Trinajstić information content (AvgIpc) is 2.59. The quantitative estimate of drug-likeness (QED) is 0.896. The highest BCUT2D eigenvalue weighted by Gasteiger charge is 2.26. The Kier molecular flexibility index (Phi) is 6.00. The Hall–Kier alpha value is -2.15. The highest BCUT2D eigenvalue weighted by molar-refractivity contribution is 5.69. The van der Waals surface area contributed by atoms with E-state index < -0.39 is 5.60 Å². The molecule has 0 aliphatic carbocycles. The fourth-order valence-corrected chi connectivity index (χ4v) is 2.78. The molecule has 1 saturated heterocycles. The second kappa shape index (κ2) is 7.82. The Labute approximate surface area is 149 Å². The average molecular weight is 352 g/mol. The maximum absolute atomic E-state index is 12.2. The number of anilines is 1. The summed E-state index contributed by atoms with van der Waals surface area (Å²) in [5, 5.41) is 9.52. The smallest absolute Gasteiger partial charge is 0.410 e. The van der Waals surface area contributed by atoms with Gasteiger partial charge in [-0.2, -0.15) is 0 Å². The summed E-state index contributed by atoms with van der Waals surface area (Å²) < 4.78 is 16.2. The molecule has 0 saturated carbocycles. The van der Waals surface area contributed by atoms with Crippen molar-refractivity contribution >= 4 is 11.8 Å². The molecule has 1 aromatic carbocycles. The van der Waals surface area contributed by atoms with Gasteiger partial charge in [-0.3, -0.25) is 0 Å². The molecule has 7 heteroatoms. The first kappa shape index (κ1) is 19.2. The van der Waals surface area contributed by atoms with Crippen molar-refractivity contribution in [1.82, 2.24) is 4.90 Å². The first-order chi connectivity index (χ1) is 11.8. The second-order valence-corrected chi connectivity index (χ2v) is 6.94. The minimum Gasteiger partial charge on any atom is -0.496 e. The molecule has 1 aliphatic heterocycles. The van der Waals surface area contributed by atoms with Crippen LogP contribution in [0, 0.1) is 0 Å². The predicted molar refractivity (Wildman–Crippen MR) is 95.5 cm³/mol. The van der Waals surface area contributed by atoms with Gasteiger partial charge in [-0.05, 0) is 20.8 Å². The Morgan fingerprint density at radius 3 is 2.00 bits per heavy atom.